The van der Waals surface area contributed by atoms with Crippen LogP contribution < -0.4 is 4.90 Å². The van der Waals surface area contributed by atoms with E-state index in [-0.39, 0.29) is 6.61 Å². The molecular weight excluding hydrogens is 198 g/mol. The Morgan fingerprint density at radius 1 is 1.57 bits per heavy atom. The van der Waals surface area contributed by atoms with Crippen LogP contribution in [0.25, 0.3) is 10.2 Å². The zero-order chi connectivity index (χ0) is 9.97. The van der Waals surface area contributed by atoms with Crippen LogP contribution in [0, 0.1) is 0 Å². The molecule has 2 aromatic heterocycles. The van der Waals surface area contributed by atoms with Crippen molar-refractivity contribution in [1.82, 2.24) is 9.97 Å². The summed E-state index contributed by atoms with van der Waals surface area (Å²) in [7, 11) is 1.86. The Labute approximate surface area is 85.8 Å². The lowest BCUT2D eigenvalue weighted by Gasteiger charge is -2.14. The van der Waals surface area contributed by atoms with Crippen molar-refractivity contribution in [3.05, 3.63) is 17.6 Å². The van der Waals surface area contributed by atoms with E-state index in [9.17, 15) is 0 Å². The van der Waals surface area contributed by atoms with E-state index in [0.29, 0.717) is 12.5 Å². The number of aromatic nitrogens is 2. The number of rotatable bonds is 3. The molecule has 0 spiro atoms. The van der Waals surface area contributed by atoms with Gasteiger partial charge >= 0.3 is 0 Å². The summed E-state index contributed by atoms with van der Waals surface area (Å²) in [5.74, 6) is 0.657. The number of nitrogens with zero attached hydrogens (tertiary/aromatic N) is 3. The van der Waals surface area contributed by atoms with Crippen molar-refractivity contribution in [2.75, 3.05) is 25.1 Å². The molecule has 2 rings (SSSR count). The lowest BCUT2D eigenvalue weighted by Crippen LogP contribution is -2.23. The van der Waals surface area contributed by atoms with Crippen molar-refractivity contribution in [1.29, 1.82) is 0 Å². The average molecular weight is 209 g/mol. The van der Waals surface area contributed by atoms with Gasteiger partial charge in [0.05, 0.1) is 23.0 Å². The summed E-state index contributed by atoms with van der Waals surface area (Å²) in [6.45, 7) is 0.664. The van der Waals surface area contributed by atoms with Crippen LogP contribution in [-0.2, 0) is 0 Å². The maximum Gasteiger partial charge on any atom is 0.225 e. The fourth-order valence-electron chi connectivity index (χ4n) is 1.19. The quantitative estimate of drug-likeness (QED) is 0.823. The van der Waals surface area contributed by atoms with Gasteiger partial charge in [0.1, 0.15) is 0 Å². The second kappa shape index (κ2) is 3.89. The standard InChI is InChI=1S/C9H11N3OS/c1-12(3-4-13)9-10-6-8-7(11-9)2-5-14-8/h2,5-6,13H,3-4H2,1H3. The second-order valence-corrected chi connectivity index (χ2v) is 3.93. The normalized spacial score (nSPS) is 10.7. The van der Waals surface area contributed by atoms with Gasteiger partial charge in [-0.25, -0.2) is 9.97 Å². The third-order valence-corrected chi connectivity index (χ3v) is 2.81. The summed E-state index contributed by atoms with van der Waals surface area (Å²) < 4.78 is 1.09. The molecule has 0 atom stereocenters. The number of hydrogen-bond donors (Lipinski definition) is 1. The van der Waals surface area contributed by atoms with Crippen molar-refractivity contribution < 1.29 is 5.11 Å². The Morgan fingerprint density at radius 3 is 3.21 bits per heavy atom. The predicted molar refractivity (Wildman–Crippen MR) is 57.8 cm³/mol. The number of likely N-dealkylation sites (N-methyl/N-ethyl adjacent to an activating group) is 1. The molecule has 0 fully saturated rings. The molecule has 5 heteroatoms. The van der Waals surface area contributed by atoms with Gasteiger partial charge in [0.25, 0.3) is 0 Å². The van der Waals surface area contributed by atoms with Gasteiger partial charge in [-0.1, -0.05) is 0 Å². The molecule has 0 saturated heterocycles. The van der Waals surface area contributed by atoms with Gasteiger partial charge in [-0.3, -0.25) is 0 Å². The zero-order valence-electron chi connectivity index (χ0n) is 7.84. The smallest absolute Gasteiger partial charge is 0.225 e. The molecule has 2 aromatic rings. The largest absolute Gasteiger partial charge is 0.395 e. The molecule has 0 aliphatic rings. The summed E-state index contributed by atoms with van der Waals surface area (Å²) in [5.41, 5.74) is 0.963. The van der Waals surface area contributed by atoms with E-state index >= 15 is 0 Å². The van der Waals surface area contributed by atoms with Gasteiger partial charge in [-0.2, -0.15) is 0 Å². The highest BCUT2D eigenvalue weighted by Gasteiger charge is 2.04. The Morgan fingerprint density at radius 2 is 2.43 bits per heavy atom. The predicted octanol–water partition coefficient (Wildman–Crippen LogP) is 1.12. The van der Waals surface area contributed by atoms with Crippen molar-refractivity contribution in [3.63, 3.8) is 0 Å². The zero-order valence-corrected chi connectivity index (χ0v) is 8.66. The summed E-state index contributed by atoms with van der Waals surface area (Å²) in [6, 6.07) is 1.97. The first-order valence-corrected chi connectivity index (χ1v) is 5.21. The van der Waals surface area contributed by atoms with Crippen LogP contribution in [0.3, 0.4) is 0 Å². The monoisotopic (exact) mass is 209 g/mol. The van der Waals surface area contributed by atoms with E-state index in [2.05, 4.69) is 9.97 Å². The fourth-order valence-corrected chi connectivity index (χ4v) is 1.88. The van der Waals surface area contributed by atoms with E-state index in [0.717, 1.165) is 10.2 Å². The molecule has 14 heavy (non-hydrogen) atoms. The minimum atomic E-state index is 0.113. The first-order chi connectivity index (χ1) is 6.81. The van der Waals surface area contributed by atoms with Crippen LogP contribution in [0.4, 0.5) is 5.95 Å². The molecule has 1 N–H and O–H groups in total. The number of anilines is 1. The number of hydrogen-bond acceptors (Lipinski definition) is 5. The lowest BCUT2D eigenvalue weighted by atomic mass is 10.5. The molecule has 0 saturated carbocycles. The Bertz CT molecular complexity index is 429. The molecule has 74 valence electrons. The highest BCUT2D eigenvalue weighted by Crippen LogP contribution is 2.19. The Hall–Kier alpha value is -1.20. The van der Waals surface area contributed by atoms with Crippen molar-refractivity contribution >= 4 is 27.5 Å². The van der Waals surface area contributed by atoms with Gasteiger partial charge in [0, 0.05) is 13.6 Å². The lowest BCUT2D eigenvalue weighted by molar-refractivity contribution is 0.303. The summed E-state index contributed by atoms with van der Waals surface area (Å²) in [5, 5.41) is 10.8. The van der Waals surface area contributed by atoms with Gasteiger partial charge in [0.2, 0.25) is 5.95 Å². The fraction of sp³-hybridized carbons (Fsp3) is 0.333. The molecule has 0 aliphatic carbocycles. The topological polar surface area (TPSA) is 49.2 Å². The molecule has 0 amide bonds. The van der Waals surface area contributed by atoms with E-state index in [4.69, 9.17) is 5.11 Å². The van der Waals surface area contributed by atoms with Crippen LogP contribution in [0.15, 0.2) is 17.6 Å². The molecule has 2 heterocycles. The van der Waals surface area contributed by atoms with Crippen LogP contribution in [0.2, 0.25) is 0 Å². The number of aliphatic hydroxyl groups is 1. The van der Waals surface area contributed by atoms with Gasteiger partial charge in [0.15, 0.2) is 0 Å². The highest BCUT2D eigenvalue weighted by atomic mass is 32.1. The molecule has 0 bridgehead atoms. The van der Waals surface area contributed by atoms with Gasteiger partial charge < -0.3 is 10.0 Å². The minimum Gasteiger partial charge on any atom is -0.395 e. The van der Waals surface area contributed by atoms with Gasteiger partial charge in [-0.05, 0) is 11.4 Å². The number of aliphatic hydroxyl groups excluding tert-OH is 1. The second-order valence-electron chi connectivity index (χ2n) is 2.99. The molecule has 0 unspecified atom stereocenters. The maximum atomic E-state index is 8.78. The molecular formula is C9H11N3OS. The van der Waals surface area contributed by atoms with E-state index in [1.807, 2.05) is 29.6 Å². The highest BCUT2D eigenvalue weighted by molar-refractivity contribution is 7.17. The van der Waals surface area contributed by atoms with Crippen molar-refractivity contribution in [3.8, 4) is 0 Å². The van der Waals surface area contributed by atoms with Crippen LogP contribution in [0.5, 0.6) is 0 Å². The minimum absolute atomic E-state index is 0.113. The van der Waals surface area contributed by atoms with Gasteiger partial charge in [-0.15, -0.1) is 11.3 Å². The third kappa shape index (κ3) is 1.69. The first-order valence-electron chi connectivity index (χ1n) is 4.33. The number of thiophene rings is 1. The first kappa shape index (κ1) is 9.36. The molecule has 0 aromatic carbocycles. The maximum absolute atomic E-state index is 8.78. The molecule has 0 radical (unpaired) electrons. The van der Waals surface area contributed by atoms with E-state index < -0.39 is 0 Å². The van der Waals surface area contributed by atoms with Crippen molar-refractivity contribution in [2.45, 2.75) is 0 Å². The van der Waals surface area contributed by atoms with Crippen molar-refractivity contribution in [2.24, 2.45) is 0 Å². The van der Waals surface area contributed by atoms with E-state index in [1.54, 1.807) is 11.3 Å². The van der Waals surface area contributed by atoms with Crippen LogP contribution in [-0.4, -0.2) is 35.3 Å². The number of fused-ring (bicyclic) bond motifs is 1. The van der Waals surface area contributed by atoms with E-state index in [1.165, 1.54) is 0 Å². The molecule has 0 aliphatic heterocycles. The summed E-state index contributed by atoms with van der Waals surface area (Å²) in [6.07, 6.45) is 1.82. The van der Waals surface area contributed by atoms with Crippen LogP contribution >= 0.6 is 11.3 Å². The third-order valence-electron chi connectivity index (χ3n) is 1.97. The van der Waals surface area contributed by atoms with Crippen LogP contribution in [0.1, 0.15) is 0 Å². The Kier molecular flexibility index (Phi) is 2.60. The summed E-state index contributed by atoms with van der Waals surface area (Å²) >= 11 is 1.63. The Balaban J connectivity index is 2.33. The average Bonchev–Trinajstić information content (AvgIpc) is 2.64. The summed E-state index contributed by atoms with van der Waals surface area (Å²) in [4.78, 5) is 10.4. The molecule has 4 nitrogen and oxygen atoms in total. The SMILES string of the molecule is CN(CCO)c1ncc2sccc2n1.